The summed E-state index contributed by atoms with van der Waals surface area (Å²) in [6, 6.07) is 0. The molecule has 2 aliphatic carbocycles. The van der Waals surface area contributed by atoms with Crippen LogP contribution in [0.2, 0.25) is 0 Å². The number of hydrogen-bond donors (Lipinski definition) is 1. The number of carbonyl (C=O) groups is 1. The van der Waals surface area contributed by atoms with Gasteiger partial charge in [-0.1, -0.05) is 31.6 Å². The number of carbonyl (C=O) groups excluding carboxylic acids is 1. The Bertz CT molecular complexity index is 376. The fourth-order valence-electron chi connectivity index (χ4n) is 3.21. The SMILES string of the molecule is CC1=CCCC(C=O)=C[C@H]2[C@@H]([C@@H](O)C1)C2(C)C. The lowest BCUT2D eigenvalue weighted by Crippen LogP contribution is -2.14. The Labute approximate surface area is 103 Å². The molecule has 94 valence electrons. The molecule has 17 heavy (non-hydrogen) atoms. The number of rotatable bonds is 1. The average molecular weight is 234 g/mol. The van der Waals surface area contributed by atoms with E-state index in [1.807, 2.05) is 0 Å². The number of hydrogen-bond acceptors (Lipinski definition) is 2. The molecule has 2 aliphatic rings. The highest BCUT2D eigenvalue weighted by Crippen LogP contribution is 2.61. The summed E-state index contributed by atoms with van der Waals surface area (Å²) >= 11 is 0. The van der Waals surface area contributed by atoms with Gasteiger partial charge >= 0.3 is 0 Å². The van der Waals surface area contributed by atoms with E-state index in [-0.39, 0.29) is 11.5 Å². The summed E-state index contributed by atoms with van der Waals surface area (Å²) in [5.41, 5.74) is 2.27. The first-order valence-corrected chi connectivity index (χ1v) is 6.46. The van der Waals surface area contributed by atoms with E-state index in [9.17, 15) is 9.90 Å². The van der Waals surface area contributed by atoms with Crippen molar-refractivity contribution >= 4 is 6.29 Å². The van der Waals surface area contributed by atoms with Crippen LogP contribution in [0.1, 0.15) is 40.0 Å². The number of aldehydes is 1. The summed E-state index contributed by atoms with van der Waals surface area (Å²) in [5.74, 6) is 0.669. The predicted octanol–water partition coefficient (Wildman–Crippen LogP) is 2.88. The summed E-state index contributed by atoms with van der Waals surface area (Å²) in [4.78, 5) is 11.0. The Morgan fingerprint density at radius 2 is 2.18 bits per heavy atom. The molecule has 0 saturated heterocycles. The van der Waals surface area contributed by atoms with Gasteiger partial charge in [0, 0.05) is 0 Å². The van der Waals surface area contributed by atoms with Gasteiger partial charge in [-0.25, -0.2) is 0 Å². The van der Waals surface area contributed by atoms with Crippen molar-refractivity contribution in [3.05, 3.63) is 23.3 Å². The second-order valence-electron chi connectivity index (χ2n) is 6.09. The lowest BCUT2D eigenvalue weighted by molar-refractivity contribution is -0.105. The molecule has 0 aromatic carbocycles. The van der Waals surface area contributed by atoms with Crippen LogP contribution in [0.15, 0.2) is 23.3 Å². The van der Waals surface area contributed by atoms with Crippen molar-refractivity contribution in [1.29, 1.82) is 0 Å². The van der Waals surface area contributed by atoms with Crippen molar-refractivity contribution in [3.63, 3.8) is 0 Å². The van der Waals surface area contributed by atoms with Crippen LogP contribution in [0.5, 0.6) is 0 Å². The number of aliphatic hydroxyl groups is 1. The molecule has 3 atom stereocenters. The molecule has 1 fully saturated rings. The Morgan fingerprint density at radius 3 is 2.82 bits per heavy atom. The van der Waals surface area contributed by atoms with E-state index in [1.165, 1.54) is 5.57 Å². The van der Waals surface area contributed by atoms with Crippen molar-refractivity contribution in [2.24, 2.45) is 17.3 Å². The Morgan fingerprint density at radius 1 is 1.47 bits per heavy atom. The van der Waals surface area contributed by atoms with Gasteiger partial charge in [-0.3, -0.25) is 4.79 Å². The largest absolute Gasteiger partial charge is 0.392 e. The van der Waals surface area contributed by atoms with E-state index in [0.717, 1.165) is 31.1 Å². The van der Waals surface area contributed by atoms with Crippen LogP contribution < -0.4 is 0 Å². The highest BCUT2D eigenvalue weighted by Gasteiger charge is 2.59. The van der Waals surface area contributed by atoms with Crippen LogP contribution in [0.3, 0.4) is 0 Å². The van der Waals surface area contributed by atoms with Gasteiger partial charge in [0.2, 0.25) is 0 Å². The normalized spacial score (nSPS) is 36.4. The summed E-state index contributed by atoms with van der Waals surface area (Å²) in [6.45, 7) is 6.43. The lowest BCUT2D eigenvalue weighted by Gasteiger charge is -2.13. The van der Waals surface area contributed by atoms with E-state index in [4.69, 9.17) is 0 Å². The molecule has 2 rings (SSSR count). The highest BCUT2D eigenvalue weighted by atomic mass is 16.3. The van der Waals surface area contributed by atoms with E-state index >= 15 is 0 Å². The van der Waals surface area contributed by atoms with Crippen molar-refractivity contribution in [2.75, 3.05) is 0 Å². The molecule has 0 aromatic heterocycles. The zero-order valence-electron chi connectivity index (χ0n) is 10.9. The molecule has 0 aromatic rings. The van der Waals surface area contributed by atoms with Crippen LogP contribution in [0.4, 0.5) is 0 Å². The summed E-state index contributed by atoms with van der Waals surface area (Å²) in [5, 5.41) is 10.2. The molecule has 0 radical (unpaired) electrons. The van der Waals surface area contributed by atoms with Crippen molar-refractivity contribution in [1.82, 2.24) is 0 Å². The maximum Gasteiger partial charge on any atom is 0.145 e. The molecular weight excluding hydrogens is 212 g/mol. The summed E-state index contributed by atoms with van der Waals surface area (Å²) < 4.78 is 0. The smallest absolute Gasteiger partial charge is 0.145 e. The van der Waals surface area contributed by atoms with E-state index in [1.54, 1.807) is 0 Å². The minimum absolute atomic E-state index is 0.137. The third kappa shape index (κ3) is 2.37. The molecule has 0 heterocycles. The van der Waals surface area contributed by atoms with Crippen LogP contribution in [0, 0.1) is 17.3 Å². The minimum atomic E-state index is -0.270. The van der Waals surface area contributed by atoms with Crippen molar-refractivity contribution in [3.8, 4) is 0 Å². The van der Waals surface area contributed by atoms with Gasteiger partial charge < -0.3 is 5.11 Å². The molecule has 0 aliphatic heterocycles. The first kappa shape index (κ1) is 12.6. The average Bonchev–Trinajstić information content (AvgIpc) is 2.78. The van der Waals surface area contributed by atoms with Gasteiger partial charge in [-0.05, 0) is 49.0 Å². The second-order valence-corrected chi connectivity index (χ2v) is 6.09. The van der Waals surface area contributed by atoms with Gasteiger partial charge in [-0.2, -0.15) is 0 Å². The third-order valence-corrected chi connectivity index (χ3v) is 4.41. The van der Waals surface area contributed by atoms with Crippen LogP contribution in [-0.4, -0.2) is 17.5 Å². The second kappa shape index (κ2) is 4.41. The Balaban J connectivity index is 2.26. The quantitative estimate of drug-likeness (QED) is 0.559. The molecule has 0 bridgehead atoms. The van der Waals surface area contributed by atoms with Gasteiger partial charge in [0.05, 0.1) is 6.10 Å². The molecule has 0 amide bonds. The van der Waals surface area contributed by atoms with Gasteiger partial charge in [0.25, 0.3) is 0 Å². The number of aliphatic hydroxyl groups excluding tert-OH is 1. The molecule has 2 heteroatoms. The summed E-state index contributed by atoms with van der Waals surface area (Å²) in [6.07, 6.45) is 7.45. The lowest BCUT2D eigenvalue weighted by atomic mass is 9.98. The van der Waals surface area contributed by atoms with Gasteiger partial charge in [-0.15, -0.1) is 0 Å². The van der Waals surface area contributed by atoms with E-state index in [2.05, 4.69) is 32.9 Å². The molecule has 1 saturated carbocycles. The first-order valence-electron chi connectivity index (χ1n) is 6.46. The molecule has 2 nitrogen and oxygen atoms in total. The predicted molar refractivity (Wildman–Crippen MR) is 68.5 cm³/mol. The van der Waals surface area contributed by atoms with E-state index < -0.39 is 0 Å². The van der Waals surface area contributed by atoms with Gasteiger partial charge in [0.15, 0.2) is 0 Å². The maximum absolute atomic E-state index is 11.0. The topological polar surface area (TPSA) is 37.3 Å². The Hall–Kier alpha value is -0.890. The first-order chi connectivity index (χ1) is 7.96. The Kier molecular flexibility index (Phi) is 3.26. The number of fused-ring (bicyclic) bond motifs is 1. The van der Waals surface area contributed by atoms with Crippen LogP contribution in [0.25, 0.3) is 0 Å². The number of allylic oxidation sites excluding steroid dienone is 3. The summed E-state index contributed by atoms with van der Waals surface area (Å²) in [7, 11) is 0. The van der Waals surface area contributed by atoms with E-state index in [0.29, 0.717) is 11.8 Å². The van der Waals surface area contributed by atoms with Gasteiger partial charge in [0.1, 0.15) is 6.29 Å². The third-order valence-electron chi connectivity index (χ3n) is 4.41. The molecule has 0 unspecified atom stereocenters. The van der Waals surface area contributed by atoms with Crippen LogP contribution in [-0.2, 0) is 4.79 Å². The monoisotopic (exact) mass is 234 g/mol. The van der Waals surface area contributed by atoms with Crippen LogP contribution >= 0.6 is 0 Å². The molecular formula is C15H22O2. The standard InChI is InChI=1S/C15H22O2/c1-10-5-4-6-11(9-16)8-12-14(13(17)7-10)15(12,2)3/h5,8-9,12-14,17H,4,6-7H2,1-3H3/t12-,13-,14-/m0/s1. The highest BCUT2D eigenvalue weighted by molar-refractivity contribution is 5.73. The zero-order chi connectivity index (χ0) is 12.6. The zero-order valence-corrected chi connectivity index (χ0v) is 10.9. The van der Waals surface area contributed by atoms with Crippen molar-refractivity contribution in [2.45, 2.75) is 46.1 Å². The molecule has 0 spiro atoms. The van der Waals surface area contributed by atoms with Crippen molar-refractivity contribution < 1.29 is 9.90 Å². The fraction of sp³-hybridized carbons (Fsp3) is 0.667. The minimum Gasteiger partial charge on any atom is -0.392 e. The maximum atomic E-state index is 11.0. The fourth-order valence-corrected chi connectivity index (χ4v) is 3.21. The molecule has 1 N–H and O–H groups in total.